The van der Waals surface area contributed by atoms with Crippen LogP contribution in [-0.4, -0.2) is 39.8 Å². The number of nitrogens with one attached hydrogen (secondary N) is 1. The molecule has 3 aromatic rings. The summed E-state index contributed by atoms with van der Waals surface area (Å²) in [5.74, 6) is -0.228. The van der Waals surface area contributed by atoms with E-state index < -0.39 is 0 Å². The Morgan fingerprint density at radius 1 is 1.14 bits per heavy atom. The molecule has 0 radical (unpaired) electrons. The molecule has 0 fully saturated rings. The van der Waals surface area contributed by atoms with Gasteiger partial charge in [-0.05, 0) is 67.4 Å². The quantitative estimate of drug-likeness (QED) is 0.504. The molecule has 2 aromatic carbocycles. The van der Waals surface area contributed by atoms with Crippen LogP contribution >= 0.6 is 11.8 Å². The highest BCUT2D eigenvalue weighted by atomic mass is 32.2. The van der Waals surface area contributed by atoms with E-state index in [9.17, 15) is 9.18 Å². The number of aromatic nitrogens is 2. The van der Waals surface area contributed by atoms with Crippen molar-refractivity contribution in [3.8, 4) is 11.3 Å². The Bertz CT molecular complexity index is 936. The Kier molecular flexibility index (Phi) is 7.09. The molecule has 6 heteroatoms. The number of nitrogens with zero attached hydrogens (tertiary/aromatic N) is 2. The highest BCUT2D eigenvalue weighted by Gasteiger charge is 2.12. The summed E-state index contributed by atoms with van der Waals surface area (Å²) >= 11 is 1.79. The molecule has 0 aliphatic rings. The number of aryl methyl sites for hydroxylation is 1. The number of amides is 1. The number of aromatic amines is 1. The smallest absolute Gasteiger partial charge is 0.253 e. The van der Waals surface area contributed by atoms with Crippen LogP contribution in [0.1, 0.15) is 36.3 Å². The van der Waals surface area contributed by atoms with Gasteiger partial charge in [-0.15, -0.1) is 11.8 Å². The molecule has 0 aliphatic heterocycles. The van der Waals surface area contributed by atoms with Gasteiger partial charge in [-0.3, -0.25) is 9.89 Å². The minimum Gasteiger partial charge on any atom is -0.342 e. The van der Waals surface area contributed by atoms with Crippen LogP contribution in [0.2, 0.25) is 0 Å². The molecule has 0 bridgehead atoms. The van der Waals surface area contributed by atoms with E-state index >= 15 is 0 Å². The number of thioether (sulfide) groups is 1. The van der Waals surface area contributed by atoms with E-state index in [1.54, 1.807) is 28.8 Å². The second kappa shape index (κ2) is 9.74. The normalized spacial score (nSPS) is 11.1. The van der Waals surface area contributed by atoms with Gasteiger partial charge in [0.25, 0.3) is 5.91 Å². The highest BCUT2D eigenvalue weighted by Crippen LogP contribution is 2.23. The van der Waals surface area contributed by atoms with Gasteiger partial charge in [-0.1, -0.05) is 13.8 Å². The van der Waals surface area contributed by atoms with Gasteiger partial charge in [0.05, 0.1) is 5.69 Å². The number of H-pyrrole nitrogens is 1. The maximum Gasteiger partial charge on any atom is 0.253 e. The number of hydrogen-bond donors (Lipinski definition) is 1. The Balaban J connectivity index is 1.50. The molecule has 0 spiro atoms. The molecule has 0 unspecified atom stereocenters. The fourth-order valence-corrected chi connectivity index (χ4v) is 3.87. The zero-order valence-corrected chi connectivity index (χ0v) is 17.8. The van der Waals surface area contributed by atoms with Crippen LogP contribution in [0.25, 0.3) is 11.3 Å². The first kappa shape index (κ1) is 21.1. The standard InChI is InChI=1S/C23H26FN3OS/c1-16(2)29-21-12-8-18(9-13-21)23(28)27(3)14-4-5-20-15-22(26-25-20)17-6-10-19(24)11-7-17/h6-13,15-16H,4-5,14H2,1-3H3,(H,25,26). The van der Waals surface area contributed by atoms with E-state index in [2.05, 4.69) is 24.0 Å². The summed E-state index contributed by atoms with van der Waals surface area (Å²) in [5, 5.41) is 7.84. The van der Waals surface area contributed by atoms with Crippen LogP contribution in [0.15, 0.2) is 59.5 Å². The molecule has 0 saturated carbocycles. The van der Waals surface area contributed by atoms with Gasteiger partial charge in [0.2, 0.25) is 0 Å². The summed E-state index contributed by atoms with van der Waals surface area (Å²) in [4.78, 5) is 15.5. The molecule has 152 valence electrons. The lowest BCUT2D eigenvalue weighted by Gasteiger charge is -2.17. The van der Waals surface area contributed by atoms with E-state index in [0.29, 0.717) is 17.4 Å². The van der Waals surface area contributed by atoms with Crippen molar-refractivity contribution in [1.29, 1.82) is 0 Å². The van der Waals surface area contributed by atoms with E-state index in [0.717, 1.165) is 29.8 Å². The third-order valence-electron chi connectivity index (χ3n) is 4.53. The molecule has 0 aliphatic carbocycles. The monoisotopic (exact) mass is 411 g/mol. The van der Waals surface area contributed by atoms with Crippen LogP contribution < -0.4 is 0 Å². The third kappa shape index (κ3) is 5.94. The van der Waals surface area contributed by atoms with Crippen LogP contribution in [0.5, 0.6) is 0 Å². The highest BCUT2D eigenvalue weighted by molar-refractivity contribution is 7.99. The van der Waals surface area contributed by atoms with Crippen LogP contribution in [0.3, 0.4) is 0 Å². The summed E-state index contributed by atoms with van der Waals surface area (Å²) in [7, 11) is 1.83. The van der Waals surface area contributed by atoms with Gasteiger partial charge >= 0.3 is 0 Å². The van der Waals surface area contributed by atoms with Crippen molar-refractivity contribution in [3.05, 3.63) is 71.7 Å². The van der Waals surface area contributed by atoms with Gasteiger partial charge < -0.3 is 4.90 Å². The maximum absolute atomic E-state index is 13.0. The van der Waals surface area contributed by atoms with Gasteiger partial charge in [0, 0.05) is 40.6 Å². The molecule has 29 heavy (non-hydrogen) atoms. The predicted octanol–water partition coefficient (Wildman–Crippen LogP) is 5.42. The largest absolute Gasteiger partial charge is 0.342 e. The zero-order chi connectivity index (χ0) is 20.8. The fraction of sp³-hybridized carbons (Fsp3) is 0.304. The van der Waals surface area contributed by atoms with Crippen molar-refractivity contribution in [3.63, 3.8) is 0 Å². The Hall–Kier alpha value is -2.60. The van der Waals surface area contributed by atoms with E-state index in [-0.39, 0.29) is 11.7 Å². The van der Waals surface area contributed by atoms with Gasteiger partial charge in [-0.2, -0.15) is 5.10 Å². The summed E-state index contributed by atoms with van der Waals surface area (Å²) in [6, 6.07) is 16.1. The number of halogens is 1. The Morgan fingerprint density at radius 3 is 2.48 bits per heavy atom. The van der Waals surface area contributed by atoms with Gasteiger partial charge in [0.1, 0.15) is 5.82 Å². The molecule has 4 nitrogen and oxygen atoms in total. The number of carbonyl (C=O) groups excluding carboxylic acids is 1. The average molecular weight is 412 g/mol. The van der Waals surface area contributed by atoms with E-state index in [1.165, 1.54) is 17.0 Å². The summed E-state index contributed by atoms with van der Waals surface area (Å²) < 4.78 is 13.0. The second-order valence-corrected chi connectivity index (χ2v) is 8.96. The second-order valence-electron chi connectivity index (χ2n) is 7.31. The molecule has 1 aromatic heterocycles. The molecule has 1 heterocycles. The van der Waals surface area contributed by atoms with Gasteiger partial charge in [0.15, 0.2) is 0 Å². The lowest BCUT2D eigenvalue weighted by molar-refractivity contribution is 0.0793. The van der Waals surface area contributed by atoms with Crippen LogP contribution in [0.4, 0.5) is 4.39 Å². The average Bonchev–Trinajstić information content (AvgIpc) is 3.17. The molecule has 0 atom stereocenters. The molecule has 3 rings (SSSR count). The lowest BCUT2D eigenvalue weighted by Crippen LogP contribution is -2.28. The zero-order valence-electron chi connectivity index (χ0n) is 17.0. The topological polar surface area (TPSA) is 49.0 Å². The molecular weight excluding hydrogens is 385 g/mol. The van der Waals surface area contributed by atoms with Crippen LogP contribution in [-0.2, 0) is 6.42 Å². The van der Waals surface area contributed by atoms with Crippen molar-refractivity contribution in [2.75, 3.05) is 13.6 Å². The molecule has 1 N–H and O–H groups in total. The first-order chi connectivity index (χ1) is 13.9. The number of rotatable bonds is 8. The first-order valence-corrected chi connectivity index (χ1v) is 10.6. The maximum atomic E-state index is 13.0. The fourth-order valence-electron chi connectivity index (χ4n) is 3.04. The lowest BCUT2D eigenvalue weighted by atomic mass is 10.1. The van der Waals surface area contributed by atoms with Crippen molar-refractivity contribution in [2.45, 2.75) is 36.8 Å². The van der Waals surface area contributed by atoms with E-state index in [1.807, 2.05) is 37.4 Å². The van der Waals surface area contributed by atoms with Crippen LogP contribution in [0, 0.1) is 5.82 Å². The van der Waals surface area contributed by atoms with Crippen molar-refractivity contribution in [2.24, 2.45) is 0 Å². The molecule has 1 amide bonds. The number of benzene rings is 2. The van der Waals surface area contributed by atoms with E-state index in [4.69, 9.17) is 0 Å². The summed E-state index contributed by atoms with van der Waals surface area (Å²) in [6.45, 7) is 4.96. The Morgan fingerprint density at radius 2 is 1.83 bits per heavy atom. The van der Waals surface area contributed by atoms with Crippen molar-refractivity contribution < 1.29 is 9.18 Å². The summed E-state index contributed by atoms with van der Waals surface area (Å²) in [5.41, 5.74) is 3.38. The van der Waals surface area contributed by atoms with Crippen molar-refractivity contribution >= 4 is 17.7 Å². The van der Waals surface area contributed by atoms with Crippen molar-refractivity contribution in [1.82, 2.24) is 15.1 Å². The third-order valence-corrected chi connectivity index (χ3v) is 5.55. The SMILES string of the molecule is CC(C)Sc1ccc(C(=O)N(C)CCCc2cc(-c3ccc(F)cc3)n[nH]2)cc1. The predicted molar refractivity (Wildman–Crippen MR) is 117 cm³/mol. The van der Waals surface area contributed by atoms with Gasteiger partial charge in [-0.25, -0.2) is 4.39 Å². The minimum absolute atomic E-state index is 0.0303. The number of hydrogen-bond acceptors (Lipinski definition) is 3. The first-order valence-electron chi connectivity index (χ1n) is 9.75. The minimum atomic E-state index is -0.259. The molecule has 0 saturated heterocycles. The Labute approximate surface area is 175 Å². The molecular formula is C23H26FN3OS. The number of carbonyl (C=O) groups is 1. The summed E-state index contributed by atoms with van der Waals surface area (Å²) in [6.07, 6.45) is 1.62.